The highest BCUT2D eigenvalue weighted by atomic mass is 35.5. The number of alkyl halides is 1. The zero-order valence-electron chi connectivity index (χ0n) is 9.93. The molecule has 1 aromatic carbocycles. The summed E-state index contributed by atoms with van der Waals surface area (Å²) >= 11 is 5.75. The molecule has 1 atom stereocenters. The van der Waals surface area contributed by atoms with Gasteiger partial charge in [0.05, 0.1) is 11.0 Å². The van der Waals surface area contributed by atoms with Crippen LogP contribution in [0.5, 0.6) is 0 Å². The molecule has 1 N–H and O–H groups in total. The summed E-state index contributed by atoms with van der Waals surface area (Å²) in [6.45, 7) is 1.03. The Bertz CT molecular complexity index is 498. The van der Waals surface area contributed by atoms with Crippen LogP contribution in [0.4, 0.5) is 0 Å². The van der Waals surface area contributed by atoms with Gasteiger partial charge in [0.25, 0.3) is 0 Å². The van der Waals surface area contributed by atoms with Crippen LogP contribution in [0.25, 0.3) is 0 Å². The van der Waals surface area contributed by atoms with Crippen molar-refractivity contribution in [3.63, 3.8) is 0 Å². The van der Waals surface area contributed by atoms with Crippen LogP contribution in [0.15, 0.2) is 29.2 Å². The maximum absolute atomic E-state index is 12.1. The average molecular weight is 290 g/mol. The average Bonchev–Trinajstić information content (AvgIpc) is 2.89. The minimum atomic E-state index is -3.50. The smallest absolute Gasteiger partial charge is 0.240 e. The van der Waals surface area contributed by atoms with Gasteiger partial charge in [0.1, 0.15) is 0 Å². The van der Waals surface area contributed by atoms with Gasteiger partial charge in [-0.15, -0.1) is 11.6 Å². The van der Waals surface area contributed by atoms with Crippen molar-refractivity contribution >= 4 is 21.6 Å². The fraction of sp³-hybridized carbons (Fsp3) is 0.500. The van der Waals surface area contributed by atoms with Crippen molar-refractivity contribution < 1.29 is 13.2 Å². The van der Waals surface area contributed by atoms with Crippen molar-refractivity contribution in [3.8, 4) is 0 Å². The standard InChI is InChI=1S/C12H16ClNO3S/c13-8-10-4-1-2-6-12(10)18(15,16)14-9-11-5-3-7-17-11/h1-2,4,6,11,14H,3,5,7-9H2. The molecule has 1 aliphatic rings. The van der Waals surface area contributed by atoms with E-state index in [1.807, 2.05) is 0 Å². The second-order valence-electron chi connectivity index (χ2n) is 4.23. The molecule has 18 heavy (non-hydrogen) atoms. The molecule has 1 unspecified atom stereocenters. The van der Waals surface area contributed by atoms with Gasteiger partial charge in [0.15, 0.2) is 0 Å². The Morgan fingerprint density at radius 3 is 2.83 bits per heavy atom. The summed E-state index contributed by atoms with van der Waals surface area (Å²) in [5.41, 5.74) is 0.610. The first-order valence-electron chi connectivity index (χ1n) is 5.88. The first-order chi connectivity index (χ1) is 8.63. The highest BCUT2D eigenvalue weighted by Gasteiger charge is 2.21. The zero-order valence-corrected chi connectivity index (χ0v) is 11.5. The third-order valence-electron chi connectivity index (χ3n) is 2.93. The predicted octanol–water partition coefficient (Wildman–Crippen LogP) is 1.88. The number of rotatable bonds is 5. The largest absolute Gasteiger partial charge is 0.377 e. The van der Waals surface area contributed by atoms with E-state index in [9.17, 15) is 8.42 Å². The normalized spacial score (nSPS) is 20.2. The van der Waals surface area contributed by atoms with Crippen LogP contribution in [0.1, 0.15) is 18.4 Å². The molecule has 0 amide bonds. The van der Waals surface area contributed by atoms with Gasteiger partial charge in [-0.2, -0.15) is 0 Å². The number of halogens is 1. The van der Waals surface area contributed by atoms with E-state index in [0.717, 1.165) is 12.8 Å². The second-order valence-corrected chi connectivity index (χ2v) is 6.23. The lowest BCUT2D eigenvalue weighted by Gasteiger charge is -2.13. The maximum atomic E-state index is 12.1. The fourth-order valence-electron chi connectivity index (χ4n) is 1.96. The predicted molar refractivity (Wildman–Crippen MR) is 70.2 cm³/mol. The van der Waals surface area contributed by atoms with Crippen molar-refractivity contribution in [2.45, 2.75) is 29.7 Å². The van der Waals surface area contributed by atoms with Gasteiger partial charge in [-0.25, -0.2) is 13.1 Å². The van der Waals surface area contributed by atoms with Gasteiger partial charge in [0.2, 0.25) is 10.0 Å². The van der Waals surface area contributed by atoms with E-state index in [1.54, 1.807) is 24.3 Å². The van der Waals surface area contributed by atoms with Crippen LogP contribution < -0.4 is 4.72 Å². The summed E-state index contributed by atoms with van der Waals surface area (Å²) in [5, 5.41) is 0. The Kier molecular flexibility index (Phi) is 4.61. The van der Waals surface area contributed by atoms with E-state index in [-0.39, 0.29) is 16.9 Å². The van der Waals surface area contributed by atoms with Crippen molar-refractivity contribution in [3.05, 3.63) is 29.8 Å². The van der Waals surface area contributed by atoms with E-state index < -0.39 is 10.0 Å². The van der Waals surface area contributed by atoms with Gasteiger partial charge in [-0.05, 0) is 24.5 Å². The highest BCUT2D eigenvalue weighted by molar-refractivity contribution is 7.89. The summed E-state index contributed by atoms with van der Waals surface area (Å²) < 4.78 is 32.3. The van der Waals surface area contributed by atoms with Crippen LogP contribution in [0.2, 0.25) is 0 Å². The lowest BCUT2D eigenvalue weighted by atomic mass is 10.2. The molecule has 1 aliphatic heterocycles. The van der Waals surface area contributed by atoms with Crippen LogP contribution in [-0.4, -0.2) is 27.7 Å². The number of ether oxygens (including phenoxy) is 1. The third kappa shape index (κ3) is 3.23. The van der Waals surface area contributed by atoms with Crippen molar-refractivity contribution in [2.75, 3.05) is 13.2 Å². The SMILES string of the molecule is O=S(=O)(NCC1CCCO1)c1ccccc1CCl. The summed E-state index contributed by atoms with van der Waals surface area (Å²) in [6, 6.07) is 6.75. The van der Waals surface area contributed by atoms with E-state index >= 15 is 0 Å². The highest BCUT2D eigenvalue weighted by Crippen LogP contribution is 2.18. The fourth-order valence-corrected chi connectivity index (χ4v) is 3.58. The number of hydrogen-bond donors (Lipinski definition) is 1. The molecule has 4 nitrogen and oxygen atoms in total. The Labute approximate surface area is 112 Å². The molecule has 1 fully saturated rings. The minimum absolute atomic E-state index is 0.0112. The quantitative estimate of drug-likeness (QED) is 0.842. The van der Waals surface area contributed by atoms with E-state index in [4.69, 9.17) is 16.3 Å². The van der Waals surface area contributed by atoms with Crippen molar-refractivity contribution in [1.82, 2.24) is 4.72 Å². The van der Waals surface area contributed by atoms with Gasteiger partial charge < -0.3 is 4.74 Å². The van der Waals surface area contributed by atoms with Crippen molar-refractivity contribution in [2.24, 2.45) is 0 Å². The molecule has 0 saturated carbocycles. The lowest BCUT2D eigenvalue weighted by Crippen LogP contribution is -2.32. The zero-order chi connectivity index (χ0) is 13.0. The van der Waals surface area contributed by atoms with E-state index in [1.165, 1.54) is 0 Å². The Morgan fingerprint density at radius 1 is 1.39 bits per heavy atom. The molecule has 0 aromatic heterocycles. The second kappa shape index (κ2) is 6.02. The topological polar surface area (TPSA) is 55.4 Å². The van der Waals surface area contributed by atoms with Gasteiger partial charge >= 0.3 is 0 Å². The summed E-state index contributed by atoms with van der Waals surface area (Å²) in [6.07, 6.45) is 1.88. The van der Waals surface area contributed by atoms with E-state index in [2.05, 4.69) is 4.72 Å². The number of benzene rings is 1. The maximum Gasteiger partial charge on any atom is 0.240 e. The molecule has 2 rings (SSSR count). The molecule has 1 aromatic rings. The first kappa shape index (κ1) is 13.8. The van der Waals surface area contributed by atoms with Crippen LogP contribution in [0, 0.1) is 0 Å². The van der Waals surface area contributed by atoms with Crippen molar-refractivity contribution in [1.29, 1.82) is 0 Å². The third-order valence-corrected chi connectivity index (χ3v) is 4.74. The van der Waals surface area contributed by atoms with E-state index in [0.29, 0.717) is 18.7 Å². The molecule has 100 valence electrons. The van der Waals surface area contributed by atoms with Crippen LogP contribution >= 0.6 is 11.6 Å². The lowest BCUT2D eigenvalue weighted by molar-refractivity contribution is 0.114. The monoisotopic (exact) mass is 289 g/mol. The number of nitrogens with one attached hydrogen (secondary N) is 1. The molecule has 0 aliphatic carbocycles. The molecule has 1 saturated heterocycles. The Hall–Kier alpha value is -0.620. The summed E-state index contributed by atoms with van der Waals surface area (Å²) in [5.74, 6) is 0.178. The Morgan fingerprint density at radius 2 is 2.17 bits per heavy atom. The number of hydrogen-bond acceptors (Lipinski definition) is 3. The molecule has 0 radical (unpaired) electrons. The van der Waals surface area contributed by atoms with Gasteiger partial charge in [-0.1, -0.05) is 18.2 Å². The Balaban J connectivity index is 2.09. The summed E-state index contributed by atoms with van der Waals surface area (Å²) in [4.78, 5) is 0.248. The van der Waals surface area contributed by atoms with Gasteiger partial charge in [-0.3, -0.25) is 0 Å². The van der Waals surface area contributed by atoms with Gasteiger partial charge in [0, 0.05) is 19.0 Å². The molecule has 0 spiro atoms. The number of sulfonamides is 1. The first-order valence-corrected chi connectivity index (χ1v) is 7.90. The van der Waals surface area contributed by atoms with Crippen LogP contribution in [0.3, 0.4) is 0 Å². The molecule has 6 heteroatoms. The molecular weight excluding hydrogens is 274 g/mol. The minimum Gasteiger partial charge on any atom is -0.377 e. The molecule has 1 heterocycles. The summed E-state index contributed by atoms with van der Waals surface area (Å²) in [7, 11) is -3.50. The molecule has 0 bridgehead atoms. The molecular formula is C12H16ClNO3S. The van der Waals surface area contributed by atoms with Crippen LogP contribution in [-0.2, 0) is 20.6 Å².